The van der Waals surface area contributed by atoms with Crippen molar-refractivity contribution in [2.45, 2.75) is 18.7 Å². The summed E-state index contributed by atoms with van der Waals surface area (Å²) in [6.45, 7) is 3.33. The van der Waals surface area contributed by atoms with Crippen molar-refractivity contribution in [1.82, 2.24) is 0 Å². The van der Waals surface area contributed by atoms with Crippen LogP contribution in [0.5, 0.6) is 5.75 Å². The second-order valence-electron chi connectivity index (χ2n) is 5.45. The number of hydrogen-bond acceptors (Lipinski definition) is 5. The van der Waals surface area contributed by atoms with Gasteiger partial charge in [0.05, 0.1) is 28.8 Å². The standard InChI is InChI=1S/C18H20BrNO5S/c1-4-25-18(21)12-20(14-7-5-13(2)6-8-14)26(22,23)15-9-10-17(24-3)16(19)11-15/h5-11H,4,12H2,1-3H3. The van der Waals surface area contributed by atoms with Crippen LogP contribution in [0, 0.1) is 6.92 Å². The average molecular weight is 442 g/mol. The summed E-state index contributed by atoms with van der Waals surface area (Å²) in [5.74, 6) is -0.111. The summed E-state index contributed by atoms with van der Waals surface area (Å²) in [6.07, 6.45) is 0. The van der Waals surface area contributed by atoms with Crippen LogP contribution in [0.3, 0.4) is 0 Å². The third-order valence-corrected chi connectivity index (χ3v) is 6.00. The molecule has 0 N–H and O–H groups in total. The van der Waals surface area contributed by atoms with Crippen molar-refractivity contribution in [3.05, 3.63) is 52.5 Å². The molecule has 0 heterocycles. The highest BCUT2D eigenvalue weighted by Gasteiger charge is 2.28. The molecule has 0 fully saturated rings. The maximum atomic E-state index is 13.2. The zero-order chi connectivity index (χ0) is 19.3. The van der Waals surface area contributed by atoms with Crippen molar-refractivity contribution in [3.63, 3.8) is 0 Å². The molecule has 0 saturated heterocycles. The van der Waals surface area contributed by atoms with Gasteiger partial charge in [-0.1, -0.05) is 17.7 Å². The summed E-state index contributed by atoms with van der Waals surface area (Å²) in [4.78, 5) is 12.0. The van der Waals surface area contributed by atoms with E-state index >= 15 is 0 Å². The summed E-state index contributed by atoms with van der Waals surface area (Å²) in [6, 6.07) is 11.3. The van der Waals surface area contributed by atoms with Gasteiger partial charge in [-0.25, -0.2) is 8.42 Å². The van der Waals surface area contributed by atoms with Gasteiger partial charge in [0, 0.05) is 0 Å². The number of anilines is 1. The minimum atomic E-state index is -3.98. The fraction of sp³-hybridized carbons (Fsp3) is 0.278. The number of halogens is 1. The molecule has 0 saturated carbocycles. The Morgan fingerprint density at radius 2 is 1.81 bits per heavy atom. The molecule has 0 unspecified atom stereocenters. The second-order valence-corrected chi connectivity index (χ2v) is 8.17. The third kappa shape index (κ3) is 4.56. The van der Waals surface area contributed by atoms with Crippen molar-refractivity contribution >= 4 is 37.6 Å². The second kappa shape index (κ2) is 8.55. The van der Waals surface area contributed by atoms with Crippen molar-refractivity contribution < 1.29 is 22.7 Å². The lowest BCUT2D eigenvalue weighted by Crippen LogP contribution is -2.36. The largest absolute Gasteiger partial charge is 0.496 e. The van der Waals surface area contributed by atoms with E-state index in [2.05, 4.69) is 15.9 Å². The molecule has 0 amide bonds. The molecule has 0 aliphatic heterocycles. The zero-order valence-corrected chi connectivity index (χ0v) is 17.1. The Balaban J connectivity index is 2.49. The minimum Gasteiger partial charge on any atom is -0.496 e. The number of methoxy groups -OCH3 is 1. The molecule has 0 aliphatic rings. The Labute approximate surface area is 161 Å². The Kier molecular flexibility index (Phi) is 6.66. The number of nitrogens with zero attached hydrogens (tertiary/aromatic N) is 1. The Hall–Kier alpha value is -2.06. The van der Waals surface area contributed by atoms with E-state index in [1.807, 2.05) is 6.92 Å². The van der Waals surface area contributed by atoms with Gasteiger partial charge in [-0.3, -0.25) is 9.10 Å². The number of aryl methyl sites for hydroxylation is 1. The van der Waals surface area contributed by atoms with Crippen LogP contribution in [0.1, 0.15) is 12.5 Å². The first-order valence-corrected chi connectivity index (χ1v) is 10.1. The number of hydrogen-bond donors (Lipinski definition) is 0. The fourth-order valence-electron chi connectivity index (χ4n) is 2.28. The first-order chi connectivity index (χ1) is 12.3. The van der Waals surface area contributed by atoms with Crippen LogP contribution in [0.15, 0.2) is 51.8 Å². The van der Waals surface area contributed by atoms with Crippen molar-refractivity contribution in [2.75, 3.05) is 24.6 Å². The van der Waals surface area contributed by atoms with E-state index in [0.717, 1.165) is 9.87 Å². The lowest BCUT2D eigenvalue weighted by Gasteiger charge is -2.24. The smallest absolute Gasteiger partial charge is 0.326 e. The van der Waals surface area contributed by atoms with E-state index in [1.54, 1.807) is 37.3 Å². The van der Waals surface area contributed by atoms with E-state index in [1.165, 1.54) is 19.2 Å². The first-order valence-electron chi connectivity index (χ1n) is 7.88. The maximum absolute atomic E-state index is 13.2. The van der Waals surface area contributed by atoms with Crippen LogP contribution in [-0.4, -0.2) is 34.6 Å². The molecule has 0 spiro atoms. The number of rotatable bonds is 7. The lowest BCUT2D eigenvalue weighted by molar-refractivity contribution is -0.141. The topological polar surface area (TPSA) is 72.9 Å². The van der Waals surface area contributed by atoms with Crippen LogP contribution in [0.4, 0.5) is 5.69 Å². The molecule has 2 aromatic carbocycles. The molecule has 6 nitrogen and oxygen atoms in total. The summed E-state index contributed by atoms with van der Waals surface area (Å²) in [7, 11) is -2.49. The molecule has 2 rings (SSSR count). The fourth-order valence-corrected chi connectivity index (χ4v) is 4.41. The quantitative estimate of drug-likeness (QED) is 0.614. The average Bonchev–Trinajstić information content (AvgIpc) is 2.60. The highest BCUT2D eigenvalue weighted by atomic mass is 79.9. The number of benzene rings is 2. The molecule has 140 valence electrons. The van der Waals surface area contributed by atoms with Gasteiger partial charge in [0.15, 0.2) is 0 Å². The van der Waals surface area contributed by atoms with E-state index in [9.17, 15) is 13.2 Å². The summed E-state index contributed by atoms with van der Waals surface area (Å²) in [5.41, 5.74) is 1.37. The predicted molar refractivity (Wildman–Crippen MR) is 103 cm³/mol. The van der Waals surface area contributed by atoms with E-state index in [0.29, 0.717) is 15.9 Å². The Morgan fingerprint density at radius 1 is 1.15 bits per heavy atom. The molecular formula is C18H20BrNO5S. The van der Waals surface area contributed by atoms with E-state index in [4.69, 9.17) is 9.47 Å². The van der Waals surface area contributed by atoms with Crippen molar-refractivity contribution in [2.24, 2.45) is 0 Å². The molecule has 26 heavy (non-hydrogen) atoms. The summed E-state index contributed by atoms with van der Waals surface area (Å²) < 4.78 is 37.9. The lowest BCUT2D eigenvalue weighted by atomic mass is 10.2. The van der Waals surface area contributed by atoms with Crippen LogP contribution >= 0.6 is 15.9 Å². The van der Waals surface area contributed by atoms with Gasteiger partial charge >= 0.3 is 5.97 Å². The maximum Gasteiger partial charge on any atom is 0.326 e. The number of esters is 1. The van der Waals surface area contributed by atoms with Gasteiger partial charge in [0.2, 0.25) is 0 Å². The number of carbonyl (C=O) groups is 1. The van der Waals surface area contributed by atoms with E-state index < -0.39 is 22.5 Å². The van der Waals surface area contributed by atoms with Crippen LogP contribution in [0.25, 0.3) is 0 Å². The molecule has 0 atom stereocenters. The van der Waals surface area contributed by atoms with Crippen LogP contribution in [0.2, 0.25) is 0 Å². The summed E-state index contributed by atoms with van der Waals surface area (Å²) >= 11 is 3.29. The molecule has 0 bridgehead atoms. The normalized spacial score (nSPS) is 11.1. The van der Waals surface area contributed by atoms with Gasteiger partial charge in [-0.05, 0) is 60.1 Å². The Bertz CT molecular complexity index is 881. The molecule has 0 radical (unpaired) electrons. The molecule has 2 aromatic rings. The summed E-state index contributed by atoms with van der Waals surface area (Å²) in [5, 5.41) is 0. The molecular weight excluding hydrogens is 422 g/mol. The number of carbonyl (C=O) groups excluding carboxylic acids is 1. The Morgan fingerprint density at radius 3 is 2.35 bits per heavy atom. The monoisotopic (exact) mass is 441 g/mol. The minimum absolute atomic E-state index is 0.0371. The van der Waals surface area contributed by atoms with Crippen LogP contribution in [-0.2, 0) is 19.6 Å². The highest BCUT2D eigenvalue weighted by molar-refractivity contribution is 9.10. The third-order valence-electron chi connectivity index (χ3n) is 3.61. The van der Waals surface area contributed by atoms with E-state index in [-0.39, 0.29) is 11.5 Å². The molecule has 0 aromatic heterocycles. The van der Waals surface area contributed by atoms with Crippen molar-refractivity contribution in [3.8, 4) is 5.75 Å². The van der Waals surface area contributed by atoms with Crippen molar-refractivity contribution in [1.29, 1.82) is 0 Å². The zero-order valence-electron chi connectivity index (χ0n) is 14.7. The SMILES string of the molecule is CCOC(=O)CN(c1ccc(C)cc1)S(=O)(=O)c1ccc(OC)c(Br)c1. The van der Waals surface area contributed by atoms with Crippen LogP contribution < -0.4 is 9.04 Å². The predicted octanol–water partition coefficient (Wildman–Crippen LogP) is 3.52. The van der Waals surface area contributed by atoms with Gasteiger partial charge in [-0.15, -0.1) is 0 Å². The first kappa shape index (κ1) is 20.3. The number of sulfonamides is 1. The van der Waals surface area contributed by atoms with Gasteiger partial charge in [0.25, 0.3) is 10.0 Å². The molecule has 8 heteroatoms. The number of ether oxygens (including phenoxy) is 2. The van der Waals surface area contributed by atoms with Gasteiger partial charge < -0.3 is 9.47 Å². The van der Waals surface area contributed by atoms with Gasteiger partial charge in [0.1, 0.15) is 12.3 Å². The molecule has 0 aliphatic carbocycles. The van der Waals surface area contributed by atoms with Gasteiger partial charge in [-0.2, -0.15) is 0 Å². The highest BCUT2D eigenvalue weighted by Crippen LogP contribution is 2.30.